The summed E-state index contributed by atoms with van der Waals surface area (Å²) in [5, 5.41) is 0. The van der Waals surface area contributed by atoms with Crippen LogP contribution in [0.15, 0.2) is 61.1 Å². The summed E-state index contributed by atoms with van der Waals surface area (Å²) in [7, 11) is 0. The number of aryl methyl sites for hydroxylation is 1. The van der Waals surface area contributed by atoms with Crippen molar-refractivity contribution in [2.75, 3.05) is 6.61 Å². The minimum absolute atomic E-state index is 0.393. The Morgan fingerprint density at radius 3 is 2.36 bits per heavy atom. The van der Waals surface area contributed by atoms with Gasteiger partial charge in [0.2, 0.25) is 0 Å². The Morgan fingerprint density at radius 2 is 1.67 bits per heavy atom. The Labute approximate surface area is 216 Å². The molecule has 0 aliphatic rings. The highest BCUT2D eigenvalue weighted by Gasteiger charge is 2.16. The number of esters is 1. The molecule has 5 nitrogen and oxygen atoms in total. The van der Waals surface area contributed by atoms with E-state index in [1.165, 1.54) is 50.5 Å². The van der Waals surface area contributed by atoms with Crippen LogP contribution in [0.5, 0.6) is 11.5 Å². The van der Waals surface area contributed by atoms with Gasteiger partial charge < -0.3 is 9.47 Å². The number of carbonyl (C=O) groups is 1. The largest absolute Gasteiger partial charge is 0.493 e. The third-order valence-electron chi connectivity index (χ3n) is 6.48. The van der Waals surface area contributed by atoms with Crippen LogP contribution < -0.4 is 9.47 Å². The topological polar surface area (TPSA) is 61.3 Å². The molecular formula is C31H40N2O3. The van der Waals surface area contributed by atoms with Crippen LogP contribution in [0.1, 0.15) is 88.1 Å². The number of carbonyl (C=O) groups excluding carboxylic acids is 1. The molecule has 1 atom stereocenters. The van der Waals surface area contributed by atoms with Crippen molar-refractivity contribution in [1.29, 1.82) is 0 Å². The molecular weight excluding hydrogens is 448 g/mol. The number of hydrogen-bond donors (Lipinski definition) is 0. The lowest BCUT2D eigenvalue weighted by Crippen LogP contribution is -2.10. The fraction of sp³-hybridized carbons (Fsp3) is 0.452. The van der Waals surface area contributed by atoms with Crippen molar-refractivity contribution in [3.05, 3.63) is 72.2 Å². The molecule has 0 saturated carbocycles. The molecule has 2 aromatic carbocycles. The van der Waals surface area contributed by atoms with Crippen molar-refractivity contribution < 1.29 is 14.3 Å². The summed E-state index contributed by atoms with van der Waals surface area (Å²) in [6.45, 7) is 7.17. The number of nitrogens with zero attached hydrogens (tertiary/aromatic N) is 2. The number of hydrogen-bond acceptors (Lipinski definition) is 5. The standard InChI is InChI=1S/C31H40N2O3/c1-4-6-7-8-9-10-11-12-25-13-15-26(16-14-25)31(34)36-30-18-17-27(35-23-24(3)5-2)21-28(30)29-22-32-19-20-33-29/h13-22,24H,4-12,23H2,1-3H3. The molecule has 1 aromatic heterocycles. The first-order valence-corrected chi connectivity index (χ1v) is 13.4. The van der Waals surface area contributed by atoms with Gasteiger partial charge in [-0.1, -0.05) is 77.8 Å². The van der Waals surface area contributed by atoms with Crippen LogP contribution in [0.2, 0.25) is 0 Å². The first-order valence-electron chi connectivity index (χ1n) is 13.4. The predicted octanol–water partition coefficient (Wildman–Crippen LogP) is 8.08. The number of ether oxygens (including phenoxy) is 2. The summed E-state index contributed by atoms with van der Waals surface area (Å²) in [6.07, 6.45) is 16.0. The molecule has 0 fully saturated rings. The molecule has 36 heavy (non-hydrogen) atoms. The molecule has 0 spiro atoms. The van der Waals surface area contributed by atoms with Crippen LogP contribution in [-0.4, -0.2) is 22.5 Å². The van der Waals surface area contributed by atoms with Gasteiger partial charge in [-0.25, -0.2) is 4.79 Å². The van der Waals surface area contributed by atoms with E-state index in [9.17, 15) is 4.79 Å². The van der Waals surface area contributed by atoms with Crippen LogP contribution in [0, 0.1) is 5.92 Å². The molecule has 0 saturated heterocycles. The van der Waals surface area contributed by atoms with Gasteiger partial charge in [0.15, 0.2) is 0 Å². The summed E-state index contributed by atoms with van der Waals surface area (Å²) in [5.74, 6) is 1.21. The van der Waals surface area contributed by atoms with E-state index in [1.54, 1.807) is 24.7 Å². The normalized spacial score (nSPS) is 11.8. The van der Waals surface area contributed by atoms with Gasteiger partial charge in [0.05, 0.1) is 24.1 Å². The molecule has 5 heteroatoms. The Kier molecular flexibility index (Phi) is 11.4. The van der Waals surface area contributed by atoms with Crippen molar-refractivity contribution in [2.24, 2.45) is 5.92 Å². The van der Waals surface area contributed by atoms with Gasteiger partial charge in [-0.15, -0.1) is 0 Å². The minimum Gasteiger partial charge on any atom is -0.493 e. The molecule has 3 aromatic rings. The van der Waals surface area contributed by atoms with Crippen LogP contribution in [0.25, 0.3) is 11.3 Å². The fourth-order valence-corrected chi connectivity index (χ4v) is 3.94. The zero-order valence-electron chi connectivity index (χ0n) is 22.0. The predicted molar refractivity (Wildman–Crippen MR) is 146 cm³/mol. The Balaban J connectivity index is 1.62. The van der Waals surface area contributed by atoms with Gasteiger partial charge in [-0.3, -0.25) is 9.97 Å². The third kappa shape index (κ3) is 8.78. The maximum Gasteiger partial charge on any atom is 0.343 e. The maximum atomic E-state index is 12.9. The molecule has 0 aliphatic carbocycles. The van der Waals surface area contributed by atoms with Gasteiger partial charge in [-0.05, 0) is 54.7 Å². The summed E-state index contributed by atoms with van der Waals surface area (Å²) in [6, 6.07) is 13.2. The lowest BCUT2D eigenvalue weighted by atomic mass is 10.0. The van der Waals surface area contributed by atoms with E-state index in [-0.39, 0.29) is 0 Å². The lowest BCUT2D eigenvalue weighted by Gasteiger charge is -2.14. The molecule has 192 valence electrons. The second-order valence-corrected chi connectivity index (χ2v) is 9.53. The van der Waals surface area contributed by atoms with E-state index >= 15 is 0 Å². The molecule has 0 amide bonds. The quantitative estimate of drug-likeness (QED) is 0.123. The summed E-state index contributed by atoms with van der Waals surface area (Å²) < 4.78 is 11.8. The van der Waals surface area contributed by atoms with Crippen molar-refractivity contribution in [3.8, 4) is 22.8 Å². The number of aromatic nitrogens is 2. The zero-order chi connectivity index (χ0) is 25.6. The smallest absolute Gasteiger partial charge is 0.343 e. The van der Waals surface area contributed by atoms with Crippen molar-refractivity contribution in [3.63, 3.8) is 0 Å². The van der Waals surface area contributed by atoms with E-state index in [1.807, 2.05) is 36.4 Å². The highest BCUT2D eigenvalue weighted by Crippen LogP contribution is 2.33. The number of rotatable bonds is 15. The Morgan fingerprint density at radius 1 is 0.917 bits per heavy atom. The van der Waals surface area contributed by atoms with E-state index in [4.69, 9.17) is 9.47 Å². The van der Waals surface area contributed by atoms with E-state index in [2.05, 4.69) is 30.7 Å². The molecule has 0 radical (unpaired) electrons. The van der Waals surface area contributed by atoms with Crippen LogP contribution >= 0.6 is 0 Å². The molecule has 0 bridgehead atoms. The fourth-order valence-electron chi connectivity index (χ4n) is 3.94. The van der Waals surface area contributed by atoms with Gasteiger partial charge in [0.25, 0.3) is 0 Å². The SMILES string of the molecule is CCCCCCCCCc1ccc(C(=O)Oc2ccc(OCC(C)CC)cc2-c2cnccn2)cc1. The maximum absolute atomic E-state index is 12.9. The average Bonchev–Trinajstić information content (AvgIpc) is 2.92. The second-order valence-electron chi connectivity index (χ2n) is 9.53. The lowest BCUT2D eigenvalue weighted by molar-refractivity contribution is 0.0735. The van der Waals surface area contributed by atoms with Gasteiger partial charge in [0, 0.05) is 18.0 Å². The monoisotopic (exact) mass is 488 g/mol. The summed E-state index contributed by atoms with van der Waals surface area (Å²) in [4.78, 5) is 21.5. The first-order chi connectivity index (χ1) is 17.6. The highest BCUT2D eigenvalue weighted by atomic mass is 16.5. The van der Waals surface area contributed by atoms with E-state index in [0.717, 1.165) is 12.8 Å². The molecule has 1 unspecified atom stereocenters. The highest BCUT2D eigenvalue weighted by molar-refractivity contribution is 5.92. The van der Waals surface area contributed by atoms with Crippen molar-refractivity contribution in [2.45, 2.75) is 78.6 Å². The van der Waals surface area contributed by atoms with Gasteiger partial charge >= 0.3 is 5.97 Å². The summed E-state index contributed by atoms with van der Waals surface area (Å²) >= 11 is 0. The number of benzene rings is 2. The van der Waals surface area contributed by atoms with Crippen molar-refractivity contribution >= 4 is 5.97 Å². The minimum atomic E-state index is -0.393. The first kappa shape index (κ1) is 27.4. The zero-order valence-corrected chi connectivity index (χ0v) is 22.0. The number of unbranched alkanes of at least 4 members (excludes halogenated alkanes) is 6. The molecule has 0 N–H and O–H groups in total. The van der Waals surface area contributed by atoms with Crippen LogP contribution in [0.3, 0.4) is 0 Å². The second kappa shape index (κ2) is 15.0. The molecule has 1 heterocycles. The van der Waals surface area contributed by atoms with Crippen LogP contribution in [0.4, 0.5) is 0 Å². The average molecular weight is 489 g/mol. The Hall–Kier alpha value is -3.21. The summed E-state index contributed by atoms with van der Waals surface area (Å²) in [5.41, 5.74) is 3.08. The molecule has 3 rings (SSSR count). The van der Waals surface area contributed by atoms with E-state index in [0.29, 0.717) is 40.8 Å². The van der Waals surface area contributed by atoms with Gasteiger partial charge in [0.1, 0.15) is 11.5 Å². The molecule has 0 aliphatic heterocycles. The third-order valence-corrected chi connectivity index (χ3v) is 6.48. The van der Waals surface area contributed by atoms with Crippen LogP contribution in [-0.2, 0) is 6.42 Å². The Bertz CT molecular complexity index is 1050. The van der Waals surface area contributed by atoms with Crippen molar-refractivity contribution in [1.82, 2.24) is 9.97 Å². The van der Waals surface area contributed by atoms with Gasteiger partial charge in [-0.2, -0.15) is 0 Å². The van der Waals surface area contributed by atoms with E-state index < -0.39 is 5.97 Å².